The maximum absolute atomic E-state index is 13.0. The molecular formula is C21H21ClN4O3. The highest BCUT2D eigenvalue weighted by atomic mass is 35.5. The molecule has 0 atom stereocenters. The lowest BCUT2D eigenvalue weighted by Crippen LogP contribution is -2.17. The van der Waals surface area contributed by atoms with E-state index < -0.39 is 0 Å². The minimum atomic E-state index is -0.353. The predicted molar refractivity (Wildman–Crippen MR) is 114 cm³/mol. The van der Waals surface area contributed by atoms with Crippen molar-refractivity contribution in [3.63, 3.8) is 0 Å². The van der Waals surface area contributed by atoms with Crippen LogP contribution in [0, 0.1) is 13.8 Å². The number of aryl methyl sites for hydroxylation is 2. The van der Waals surface area contributed by atoms with Crippen LogP contribution < -0.4 is 20.1 Å². The van der Waals surface area contributed by atoms with Gasteiger partial charge in [-0.25, -0.2) is 4.98 Å². The van der Waals surface area contributed by atoms with Gasteiger partial charge in [0.15, 0.2) is 0 Å². The van der Waals surface area contributed by atoms with Crippen molar-refractivity contribution in [3.8, 4) is 11.5 Å². The molecule has 0 aliphatic carbocycles. The third-order valence-electron chi connectivity index (χ3n) is 4.39. The summed E-state index contributed by atoms with van der Waals surface area (Å²) in [6.07, 6.45) is 1.39. The predicted octanol–water partition coefficient (Wildman–Crippen LogP) is 4.76. The summed E-state index contributed by atoms with van der Waals surface area (Å²) < 4.78 is 10.6. The van der Waals surface area contributed by atoms with Gasteiger partial charge >= 0.3 is 0 Å². The molecule has 1 heterocycles. The minimum absolute atomic E-state index is 0.0172. The molecule has 1 aromatic heterocycles. The molecule has 3 aromatic rings. The normalized spacial score (nSPS) is 10.4. The number of aromatic nitrogens is 2. The van der Waals surface area contributed by atoms with Crippen LogP contribution in [0.15, 0.2) is 42.6 Å². The van der Waals surface area contributed by atoms with Crippen LogP contribution in [-0.4, -0.2) is 30.1 Å². The Kier molecular flexibility index (Phi) is 6.19. The molecule has 0 radical (unpaired) electrons. The first-order valence-corrected chi connectivity index (χ1v) is 9.20. The Morgan fingerprint density at radius 2 is 1.79 bits per heavy atom. The molecule has 0 saturated heterocycles. The Morgan fingerprint density at radius 1 is 1.07 bits per heavy atom. The Hall–Kier alpha value is -3.32. The van der Waals surface area contributed by atoms with Crippen molar-refractivity contribution < 1.29 is 14.3 Å². The minimum Gasteiger partial charge on any atom is -0.497 e. The number of hydrogen-bond acceptors (Lipinski definition) is 6. The Morgan fingerprint density at radius 3 is 2.45 bits per heavy atom. The molecule has 0 unspecified atom stereocenters. The number of halogens is 1. The number of amides is 1. The smallest absolute Gasteiger partial charge is 0.261 e. The molecule has 8 heteroatoms. The molecule has 3 rings (SSSR count). The van der Waals surface area contributed by atoms with Crippen LogP contribution in [0.2, 0.25) is 5.28 Å². The Labute approximate surface area is 174 Å². The van der Waals surface area contributed by atoms with Gasteiger partial charge in [0, 0.05) is 18.0 Å². The van der Waals surface area contributed by atoms with Gasteiger partial charge in [-0.15, -0.1) is 0 Å². The van der Waals surface area contributed by atoms with Crippen molar-refractivity contribution in [1.29, 1.82) is 0 Å². The lowest BCUT2D eigenvalue weighted by molar-refractivity contribution is 0.102. The van der Waals surface area contributed by atoms with Crippen molar-refractivity contribution in [2.45, 2.75) is 13.8 Å². The molecule has 0 bridgehead atoms. The average Bonchev–Trinajstić information content (AvgIpc) is 2.71. The van der Waals surface area contributed by atoms with Crippen molar-refractivity contribution in [2.75, 3.05) is 24.9 Å². The first-order valence-electron chi connectivity index (χ1n) is 8.82. The number of anilines is 3. The van der Waals surface area contributed by atoms with Gasteiger partial charge in [0.1, 0.15) is 22.9 Å². The number of rotatable bonds is 6. The fourth-order valence-electron chi connectivity index (χ4n) is 2.84. The van der Waals surface area contributed by atoms with Crippen molar-refractivity contribution in [3.05, 3.63) is 64.6 Å². The van der Waals surface area contributed by atoms with Crippen molar-refractivity contribution in [2.24, 2.45) is 0 Å². The Balaban J connectivity index is 1.95. The van der Waals surface area contributed by atoms with E-state index in [0.29, 0.717) is 17.2 Å². The van der Waals surface area contributed by atoms with E-state index in [2.05, 4.69) is 20.6 Å². The topological polar surface area (TPSA) is 85.4 Å². The number of hydrogen-bond donors (Lipinski definition) is 2. The molecule has 0 fully saturated rings. The molecule has 2 aromatic carbocycles. The molecular weight excluding hydrogens is 392 g/mol. The number of benzene rings is 2. The quantitative estimate of drug-likeness (QED) is 0.568. The molecule has 7 nitrogen and oxygen atoms in total. The molecule has 29 heavy (non-hydrogen) atoms. The van der Waals surface area contributed by atoms with Gasteiger partial charge in [-0.2, -0.15) is 4.98 Å². The van der Waals surface area contributed by atoms with Crippen LogP contribution in [0.3, 0.4) is 0 Å². The zero-order valence-corrected chi connectivity index (χ0v) is 17.3. The lowest BCUT2D eigenvalue weighted by Gasteiger charge is -2.15. The van der Waals surface area contributed by atoms with Crippen LogP contribution in [-0.2, 0) is 0 Å². The van der Waals surface area contributed by atoms with E-state index in [4.69, 9.17) is 21.1 Å². The van der Waals surface area contributed by atoms with Crippen molar-refractivity contribution in [1.82, 2.24) is 9.97 Å². The highest BCUT2D eigenvalue weighted by Gasteiger charge is 2.18. The van der Waals surface area contributed by atoms with Crippen LogP contribution in [0.25, 0.3) is 0 Å². The van der Waals surface area contributed by atoms with Crippen LogP contribution >= 0.6 is 11.6 Å². The molecule has 0 aliphatic heterocycles. The van der Waals surface area contributed by atoms with E-state index in [-0.39, 0.29) is 22.6 Å². The van der Waals surface area contributed by atoms with E-state index in [0.717, 1.165) is 16.8 Å². The van der Waals surface area contributed by atoms with Gasteiger partial charge in [0.05, 0.1) is 19.9 Å². The summed E-state index contributed by atoms with van der Waals surface area (Å²) in [6.45, 7) is 3.87. The zero-order valence-electron chi connectivity index (χ0n) is 16.5. The van der Waals surface area contributed by atoms with Crippen LogP contribution in [0.5, 0.6) is 11.5 Å². The third-order valence-corrected chi connectivity index (χ3v) is 4.57. The fraction of sp³-hybridized carbons (Fsp3) is 0.190. The van der Waals surface area contributed by atoms with E-state index in [9.17, 15) is 4.79 Å². The SMILES string of the molecule is COc1ccc(Nc2nc(Cl)ncc2C(=O)Nc2c(C)cccc2C)c(OC)c1. The summed E-state index contributed by atoms with van der Waals surface area (Å²) in [7, 11) is 3.11. The highest BCUT2D eigenvalue weighted by Crippen LogP contribution is 2.32. The molecule has 2 N–H and O–H groups in total. The highest BCUT2D eigenvalue weighted by molar-refractivity contribution is 6.28. The van der Waals surface area contributed by atoms with Gasteiger partial charge in [-0.3, -0.25) is 4.79 Å². The summed E-state index contributed by atoms with van der Waals surface area (Å²) in [5, 5.41) is 6.05. The second-order valence-corrected chi connectivity index (χ2v) is 6.65. The summed E-state index contributed by atoms with van der Waals surface area (Å²) >= 11 is 5.97. The van der Waals surface area contributed by atoms with E-state index in [1.54, 1.807) is 32.4 Å². The Bertz CT molecular complexity index is 1040. The number of carbonyl (C=O) groups is 1. The second-order valence-electron chi connectivity index (χ2n) is 6.31. The first-order chi connectivity index (χ1) is 13.9. The molecule has 0 spiro atoms. The van der Waals surface area contributed by atoms with E-state index in [1.165, 1.54) is 6.20 Å². The summed E-state index contributed by atoms with van der Waals surface area (Å²) in [5.74, 6) is 1.08. The van der Waals surface area contributed by atoms with Gasteiger partial charge in [0.25, 0.3) is 5.91 Å². The lowest BCUT2D eigenvalue weighted by atomic mass is 10.1. The number of methoxy groups -OCH3 is 2. The molecule has 0 saturated carbocycles. The van der Waals surface area contributed by atoms with E-state index in [1.807, 2.05) is 32.0 Å². The zero-order chi connectivity index (χ0) is 21.0. The van der Waals surface area contributed by atoms with Crippen LogP contribution in [0.4, 0.5) is 17.2 Å². The van der Waals surface area contributed by atoms with Gasteiger partial charge < -0.3 is 20.1 Å². The summed E-state index contributed by atoms with van der Waals surface area (Å²) in [4.78, 5) is 21.1. The van der Waals surface area contributed by atoms with Crippen LogP contribution in [0.1, 0.15) is 21.5 Å². The number of nitrogens with one attached hydrogen (secondary N) is 2. The molecule has 1 amide bonds. The maximum atomic E-state index is 13.0. The second kappa shape index (κ2) is 8.79. The number of para-hydroxylation sites is 1. The summed E-state index contributed by atoms with van der Waals surface area (Å²) in [6, 6.07) is 11.1. The van der Waals surface area contributed by atoms with Gasteiger partial charge in [-0.05, 0) is 48.7 Å². The standard InChI is InChI=1S/C21H21ClN4O3/c1-12-6-5-7-13(2)18(12)25-20(27)15-11-23-21(22)26-19(15)24-16-9-8-14(28-3)10-17(16)29-4/h5-11H,1-4H3,(H,25,27)(H,23,24,26). The number of carbonyl (C=O) groups excluding carboxylic acids is 1. The number of ether oxygens (including phenoxy) is 2. The maximum Gasteiger partial charge on any atom is 0.261 e. The van der Waals surface area contributed by atoms with E-state index >= 15 is 0 Å². The van der Waals surface area contributed by atoms with Gasteiger partial charge in [0.2, 0.25) is 5.28 Å². The van der Waals surface area contributed by atoms with Gasteiger partial charge in [-0.1, -0.05) is 18.2 Å². The molecule has 0 aliphatic rings. The molecule has 150 valence electrons. The average molecular weight is 413 g/mol. The van der Waals surface area contributed by atoms with Crippen molar-refractivity contribution >= 4 is 34.7 Å². The largest absolute Gasteiger partial charge is 0.497 e. The fourth-order valence-corrected chi connectivity index (χ4v) is 2.98. The number of nitrogens with zero attached hydrogens (tertiary/aromatic N) is 2. The monoisotopic (exact) mass is 412 g/mol. The third kappa shape index (κ3) is 4.57. The summed E-state index contributed by atoms with van der Waals surface area (Å²) in [5.41, 5.74) is 3.51. The first kappa shape index (κ1) is 20.4.